The molecule has 1 aromatic heterocycles. The first-order valence-corrected chi connectivity index (χ1v) is 8.33. The Morgan fingerprint density at radius 3 is 2.56 bits per heavy atom. The molecule has 0 unspecified atom stereocenters. The average Bonchev–Trinajstić information content (AvgIpc) is 3.08. The minimum atomic E-state index is -0.822. The number of hydrogen-bond acceptors (Lipinski definition) is 4. The summed E-state index contributed by atoms with van der Waals surface area (Å²) in [5.74, 6) is -0.365. The lowest BCUT2D eigenvalue weighted by Gasteiger charge is -2.39. The topological polar surface area (TPSA) is 54.2 Å². The lowest BCUT2D eigenvalue weighted by Crippen LogP contribution is -2.49. The highest BCUT2D eigenvalue weighted by molar-refractivity contribution is 5.57. The van der Waals surface area contributed by atoms with Crippen molar-refractivity contribution in [2.24, 2.45) is 0 Å². The molecule has 0 amide bonds. The molecule has 6 heteroatoms. The minimum Gasteiger partial charge on any atom is -0.387 e. The van der Waals surface area contributed by atoms with E-state index in [4.69, 9.17) is 0 Å². The number of halogens is 1. The molecule has 0 bridgehead atoms. The summed E-state index contributed by atoms with van der Waals surface area (Å²) in [6, 6.07) is 16.5. The number of aromatic nitrogens is 3. The number of aliphatic hydroxyl groups excluding tert-OH is 1. The van der Waals surface area contributed by atoms with E-state index >= 15 is 0 Å². The van der Waals surface area contributed by atoms with Crippen LogP contribution in [0, 0.1) is 5.82 Å². The largest absolute Gasteiger partial charge is 0.387 e. The number of benzene rings is 2. The molecule has 2 aromatic carbocycles. The zero-order chi connectivity index (χ0) is 17.2. The van der Waals surface area contributed by atoms with Gasteiger partial charge >= 0.3 is 0 Å². The van der Waals surface area contributed by atoms with Gasteiger partial charge in [0.15, 0.2) is 0 Å². The van der Waals surface area contributed by atoms with Gasteiger partial charge in [-0.15, -0.1) is 5.10 Å². The van der Waals surface area contributed by atoms with Crippen molar-refractivity contribution in [1.29, 1.82) is 0 Å². The summed E-state index contributed by atoms with van der Waals surface area (Å²) < 4.78 is 15.6. The van der Waals surface area contributed by atoms with Gasteiger partial charge in [0.05, 0.1) is 18.3 Å². The number of β-amino-alcohol motifs (C(OH)–C–C–N with tert-alkyl or cyclic N) is 1. The highest BCUT2D eigenvalue weighted by atomic mass is 19.1. The zero-order valence-electron chi connectivity index (χ0n) is 13.7. The molecule has 1 N–H and O–H groups in total. The van der Waals surface area contributed by atoms with E-state index in [-0.39, 0.29) is 11.9 Å². The predicted molar refractivity (Wildman–Crippen MR) is 92.3 cm³/mol. The molecule has 1 aliphatic heterocycles. The van der Waals surface area contributed by atoms with Gasteiger partial charge in [0.25, 0.3) is 0 Å². The molecule has 1 saturated heterocycles. The summed E-state index contributed by atoms with van der Waals surface area (Å²) in [5.41, 5.74) is 2.24. The van der Waals surface area contributed by atoms with Crippen LogP contribution < -0.4 is 0 Å². The van der Waals surface area contributed by atoms with Crippen LogP contribution in [-0.4, -0.2) is 44.6 Å². The fourth-order valence-corrected chi connectivity index (χ4v) is 3.14. The second-order valence-electron chi connectivity index (χ2n) is 6.36. The quantitative estimate of drug-likeness (QED) is 0.777. The first kappa shape index (κ1) is 15.9. The molecule has 25 heavy (non-hydrogen) atoms. The van der Waals surface area contributed by atoms with Crippen LogP contribution in [0.2, 0.25) is 0 Å². The van der Waals surface area contributed by atoms with E-state index < -0.39 is 6.10 Å². The van der Waals surface area contributed by atoms with Crippen LogP contribution in [0.3, 0.4) is 0 Å². The summed E-state index contributed by atoms with van der Waals surface area (Å²) in [6.45, 7) is 1.95. The van der Waals surface area contributed by atoms with Crippen molar-refractivity contribution in [3.63, 3.8) is 0 Å². The van der Waals surface area contributed by atoms with Crippen LogP contribution in [0.4, 0.5) is 4.39 Å². The Morgan fingerprint density at radius 1 is 1.08 bits per heavy atom. The van der Waals surface area contributed by atoms with Gasteiger partial charge in [-0.1, -0.05) is 53.7 Å². The maximum Gasteiger partial charge on any atom is 0.129 e. The van der Waals surface area contributed by atoms with Crippen molar-refractivity contribution in [1.82, 2.24) is 19.9 Å². The molecular formula is C19H19FN4O. The first-order chi connectivity index (χ1) is 12.2. The third-order valence-electron chi connectivity index (χ3n) is 4.59. The van der Waals surface area contributed by atoms with Gasteiger partial charge in [-0.3, -0.25) is 4.90 Å². The summed E-state index contributed by atoms with van der Waals surface area (Å²) in [4.78, 5) is 2.09. The molecule has 1 fully saturated rings. The molecule has 1 aliphatic rings. The van der Waals surface area contributed by atoms with Gasteiger partial charge in [0, 0.05) is 30.8 Å². The standard InChI is InChI=1S/C19H19FN4O/c20-17-9-5-4-8-16(17)19(25)13-23-10-15(11-23)24-12-18(21-22-24)14-6-2-1-3-7-14/h1-9,12,15,19,25H,10-11,13H2/t19-/m1/s1. The second kappa shape index (κ2) is 6.74. The third kappa shape index (κ3) is 3.31. The Morgan fingerprint density at radius 2 is 1.80 bits per heavy atom. The normalized spacial score (nSPS) is 16.6. The van der Waals surface area contributed by atoms with Crippen molar-refractivity contribution in [3.05, 3.63) is 72.2 Å². The number of hydrogen-bond donors (Lipinski definition) is 1. The van der Waals surface area contributed by atoms with E-state index in [1.807, 2.05) is 41.2 Å². The van der Waals surface area contributed by atoms with Crippen LogP contribution in [0.25, 0.3) is 11.3 Å². The Kier molecular flexibility index (Phi) is 4.29. The van der Waals surface area contributed by atoms with E-state index in [9.17, 15) is 9.50 Å². The molecule has 4 rings (SSSR count). The molecule has 5 nitrogen and oxygen atoms in total. The molecule has 0 spiro atoms. The fourth-order valence-electron chi connectivity index (χ4n) is 3.14. The molecule has 0 aliphatic carbocycles. The van der Waals surface area contributed by atoms with Crippen LogP contribution in [0.5, 0.6) is 0 Å². The zero-order valence-corrected chi connectivity index (χ0v) is 13.7. The van der Waals surface area contributed by atoms with Crippen molar-refractivity contribution in [2.45, 2.75) is 12.1 Å². The Bertz CT molecular complexity index is 845. The molecule has 3 aromatic rings. The SMILES string of the molecule is O[C@H](CN1CC(n2cc(-c3ccccc3)nn2)C1)c1ccccc1F. The Balaban J connectivity index is 1.35. The monoisotopic (exact) mass is 338 g/mol. The summed E-state index contributed by atoms with van der Waals surface area (Å²) in [5, 5.41) is 18.7. The summed E-state index contributed by atoms with van der Waals surface area (Å²) in [7, 11) is 0. The van der Waals surface area contributed by atoms with Crippen LogP contribution >= 0.6 is 0 Å². The Hall–Kier alpha value is -2.57. The van der Waals surface area contributed by atoms with E-state index in [1.165, 1.54) is 6.07 Å². The van der Waals surface area contributed by atoms with Gasteiger partial charge in [-0.2, -0.15) is 0 Å². The van der Waals surface area contributed by atoms with E-state index in [1.54, 1.807) is 18.2 Å². The average molecular weight is 338 g/mol. The number of aliphatic hydroxyl groups is 1. The van der Waals surface area contributed by atoms with Gasteiger partial charge in [-0.05, 0) is 6.07 Å². The van der Waals surface area contributed by atoms with Crippen LogP contribution in [0.1, 0.15) is 17.7 Å². The Labute approximate surface area is 145 Å². The molecule has 1 atom stereocenters. The maximum absolute atomic E-state index is 13.7. The summed E-state index contributed by atoms with van der Waals surface area (Å²) >= 11 is 0. The maximum atomic E-state index is 13.7. The van der Waals surface area contributed by atoms with Gasteiger partial charge in [0.2, 0.25) is 0 Å². The van der Waals surface area contributed by atoms with Crippen molar-refractivity contribution >= 4 is 0 Å². The van der Waals surface area contributed by atoms with Gasteiger partial charge in [0.1, 0.15) is 11.5 Å². The van der Waals surface area contributed by atoms with Gasteiger partial charge < -0.3 is 5.11 Å². The molecular weight excluding hydrogens is 319 g/mol. The highest BCUT2D eigenvalue weighted by Crippen LogP contribution is 2.26. The fraction of sp³-hybridized carbons (Fsp3) is 0.263. The number of nitrogens with zero attached hydrogens (tertiary/aromatic N) is 4. The lowest BCUT2D eigenvalue weighted by atomic mass is 10.0. The lowest BCUT2D eigenvalue weighted by molar-refractivity contribution is 0.0382. The predicted octanol–water partition coefficient (Wildman–Crippen LogP) is 2.67. The number of rotatable bonds is 5. The van der Waals surface area contributed by atoms with Crippen molar-refractivity contribution < 1.29 is 9.50 Å². The van der Waals surface area contributed by atoms with Crippen molar-refractivity contribution in [3.8, 4) is 11.3 Å². The van der Waals surface area contributed by atoms with Gasteiger partial charge in [-0.25, -0.2) is 9.07 Å². The van der Waals surface area contributed by atoms with Crippen LogP contribution in [-0.2, 0) is 0 Å². The van der Waals surface area contributed by atoms with Crippen LogP contribution in [0.15, 0.2) is 60.8 Å². The minimum absolute atomic E-state index is 0.234. The number of likely N-dealkylation sites (tertiary alicyclic amines) is 1. The highest BCUT2D eigenvalue weighted by Gasteiger charge is 2.31. The van der Waals surface area contributed by atoms with E-state index in [0.717, 1.165) is 24.3 Å². The molecule has 0 saturated carbocycles. The summed E-state index contributed by atoms with van der Waals surface area (Å²) in [6.07, 6.45) is 1.13. The van der Waals surface area contributed by atoms with Crippen molar-refractivity contribution in [2.75, 3.05) is 19.6 Å². The molecule has 128 valence electrons. The second-order valence-corrected chi connectivity index (χ2v) is 6.36. The smallest absolute Gasteiger partial charge is 0.129 e. The third-order valence-corrected chi connectivity index (χ3v) is 4.59. The van der Waals surface area contributed by atoms with E-state index in [2.05, 4.69) is 15.2 Å². The first-order valence-electron chi connectivity index (χ1n) is 8.33. The van der Waals surface area contributed by atoms with E-state index in [0.29, 0.717) is 12.1 Å². The molecule has 0 radical (unpaired) electrons. The molecule has 2 heterocycles.